The molecular formula is C29H26F3N5O6. The van der Waals surface area contributed by atoms with Gasteiger partial charge >= 0.3 is 6.09 Å². The highest BCUT2D eigenvalue weighted by atomic mass is 19.1. The van der Waals surface area contributed by atoms with Crippen LogP contribution < -0.4 is 26.7 Å². The van der Waals surface area contributed by atoms with Crippen molar-refractivity contribution in [2.45, 2.75) is 32.0 Å². The summed E-state index contributed by atoms with van der Waals surface area (Å²) in [6.45, 7) is -0.320. The van der Waals surface area contributed by atoms with Crippen molar-refractivity contribution in [1.29, 1.82) is 0 Å². The first kappa shape index (κ1) is 30.4. The highest BCUT2D eigenvalue weighted by Crippen LogP contribution is 2.29. The number of hydrogen-bond acceptors (Lipinski definition) is 5. The molecule has 224 valence electrons. The fourth-order valence-electron chi connectivity index (χ4n) is 4.27. The van der Waals surface area contributed by atoms with Crippen LogP contribution in [0.5, 0.6) is 5.75 Å². The molecule has 1 unspecified atom stereocenters. The van der Waals surface area contributed by atoms with Gasteiger partial charge in [-0.15, -0.1) is 0 Å². The largest absolute Gasteiger partial charge is 0.486 e. The first-order valence-corrected chi connectivity index (χ1v) is 12.8. The average Bonchev–Trinajstić information content (AvgIpc) is 3.33. The van der Waals surface area contributed by atoms with Gasteiger partial charge < -0.3 is 35.8 Å². The minimum atomic E-state index is -1.45. The van der Waals surface area contributed by atoms with Crippen LogP contribution in [-0.4, -0.2) is 38.6 Å². The molecule has 2 aromatic carbocycles. The van der Waals surface area contributed by atoms with Crippen LogP contribution in [0, 0.1) is 17.5 Å². The van der Waals surface area contributed by atoms with E-state index in [9.17, 15) is 32.3 Å². The number of hydrogen-bond donors (Lipinski definition) is 5. The summed E-state index contributed by atoms with van der Waals surface area (Å²) in [6.07, 6.45) is 2.64. The van der Waals surface area contributed by atoms with E-state index in [-0.39, 0.29) is 43.0 Å². The number of anilines is 1. The van der Waals surface area contributed by atoms with Gasteiger partial charge in [-0.05, 0) is 55.3 Å². The second kappa shape index (κ2) is 13.4. The standard InChI is InChI=1S/C29H26F3N5O6/c30-18-8-7-16(21(32)12-18)15-43-24-13-19(31)10-17-11-20(34-26(17)24)14-37-9-3-5-23(28(37)40)35-27(39)22(36-29(41)42)4-1-2-6-25(33)38/h2-3,5-13,22,34,36H,1,4,14-15H2,(H2,33,38)(H,35,39)(H,41,42). The van der Waals surface area contributed by atoms with Crippen LogP contribution in [0.1, 0.15) is 24.1 Å². The molecule has 2 aromatic heterocycles. The number of H-pyrrole nitrogens is 1. The number of allylic oxidation sites excluding steroid dienone is 1. The number of pyridine rings is 1. The molecule has 0 saturated carbocycles. The van der Waals surface area contributed by atoms with Crippen molar-refractivity contribution < 1.29 is 37.4 Å². The summed E-state index contributed by atoms with van der Waals surface area (Å²) in [5.41, 5.74) is 5.21. The van der Waals surface area contributed by atoms with Gasteiger partial charge in [-0.1, -0.05) is 6.08 Å². The number of carbonyl (C=O) groups is 3. The molecule has 2 heterocycles. The molecule has 0 fully saturated rings. The van der Waals surface area contributed by atoms with E-state index in [2.05, 4.69) is 15.6 Å². The van der Waals surface area contributed by atoms with Crippen molar-refractivity contribution >= 4 is 34.5 Å². The molecule has 43 heavy (non-hydrogen) atoms. The number of benzene rings is 2. The zero-order valence-corrected chi connectivity index (χ0v) is 22.4. The van der Waals surface area contributed by atoms with Gasteiger partial charge in [0.2, 0.25) is 11.8 Å². The zero-order valence-electron chi connectivity index (χ0n) is 22.4. The number of rotatable bonds is 12. The van der Waals surface area contributed by atoms with E-state index in [0.717, 1.165) is 18.2 Å². The number of carboxylic acid groups (broad SMARTS) is 1. The lowest BCUT2D eigenvalue weighted by molar-refractivity contribution is -0.118. The van der Waals surface area contributed by atoms with Gasteiger partial charge in [0.25, 0.3) is 5.56 Å². The Labute approximate surface area is 241 Å². The Bertz CT molecular complexity index is 1770. The summed E-state index contributed by atoms with van der Waals surface area (Å²) in [6, 6.07) is 8.59. The van der Waals surface area contributed by atoms with Crippen LogP contribution in [0.2, 0.25) is 0 Å². The summed E-state index contributed by atoms with van der Waals surface area (Å²) >= 11 is 0. The Kier molecular flexibility index (Phi) is 9.50. The van der Waals surface area contributed by atoms with E-state index in [4.69, 9.17) is 15.6 Å². The molecule has 0 aliphatic heterocycles. The molecule has 0 bridgehead atoms. The van der Waals surface area contributed by atoms with Crippen LogP contribution in [-0.2, 0) is 22.7 Å². The van der Waals surface area contributed by atoms with Gasteiger partial charge in [0.1, 0.15) is 41.5 Å². The first-order chi connectivity index (χ1) is 20.5. The molecule has 0 spiro atoms. The van der Waals surface area contributed by atoms with E-state index in [1.807, 2.05) is 0 Å². The molecule has 0 aliphatic rings. The van der Waals surface area contributed by atoms with E-state index < -0.39 is 47.0 Å². The number of nitrogens with two attached hydrogens (primary N) is 1. The molecular weight excluding hydrogens is 571 g/mol. The van der Waals surface area contributed by atoms with Crippen LogP contribution in [0.4, 0.5) is 23.7 Å². The highest BCUT2D eigenvalue weighted by molar-refractivity contribution is 5.96. The van der Waals surface area contributed by atoms with Crippen molar-refractivity contribution in [3.8, 4) is 5.75 Å². The van der Waals surface area contributed by atoms with E-state index in [1.54, 1.807) is 6.07 Å². The Morgan fingerprint density at radius 3 is 2.60 bits per heavy atom. The number of amides is 3. The minimum Gasteiger partial charge on any atom is -0.486 e. The van der Waals surface area contributed by atoms with Gasteiger partial charge in [0.05, 0.1) is 12.1 Å². The Morgan fingerprint density at radius 2 is 1.88 bits per heavy atom. The summed E-state index contributed by atoms with van der Waals surface area (Å²) in [4.78, 5) is 51.0. The topological polar surface area (TPSA) is 169 Å². The molecule has 0 radical (unpaired) electrons. The SMILES string of the molecule is NC(=O)C=CCCC(NC(=O)O)C(=O)Nc1cccn(Cc2cc3cc(F)cc(OCc4ccc(F)cc4F)c3[nH]2)c1=O. The molecule has 0 aliphatic carbocycles. The summed E-state index contributed by atoms with van der Waals surface area (Å²) < 4.78 is 48.5. The fourth-order valence-corrected chi connectivity index (χ4v) is 4.27. The number of primary amides is 1. The lowest BCUT2D eigenvalue weighted by Crippen LogP contribution is -2.44. The number of aromatic nitrogens is 2. The number of aromatic amines is 1. The zero-order chi connectivity index (χ0) is 31.1. The number of halogens is 3. The molecule has 14 heteroatoms. The third-order valence-corrected chi connectivity index (χ3v) is 6.25. The number of nitrogens with zero attached hydrogens (tertiary/aromatic N) is 1. The van der Waals surface area contributed by atoms with E-state index in [1.165, 1.54) is 41.1 Å². The fraction of sp³-hybridized carbons (Fsp3) is 0.172. The lowest BCUT2D eigenvalue weighted by atomic mass is 10.1. The average molecular weight is 598 g/mol. The van der Waals surface area contributed by atoms with Gasteiger partial charge in [-0.25, -0.2) is 18.0 Å². The third-order valence-electron chi connectivity index (χ3n) is 6.25. The van der Waals surface area contributed by atoms with Crippen molar-refractivity contribution in [3.05, 3.63) is 106 Å². The summed E-state index contributed by atoms with van der Waals surface area (Å²) in [5, 5.41) is 14.0. The van der Waals surface area contributed by atoms with Crippen LogP contribution in [0.3, 0.4) is 0 Å². The van der Waals surface area contributed by atoms with E-state index >= 15 is 0 Å². The quantitative estimate of drug-likeness (QED) is 0.156. The number of nitrogens with one attached hydrogen (secondary N) is 3. The molecule has 4 rings (SSSR count). The van der Waals surface area contributed by atoms with E-state index in [0.29, 0.717) is 22.7 Å². The van der Waals surface area contributed by atoms with Crippen molar-refractivity contribution in [2.24, 2.45) is 5.73 Å². The normalized spacial score (nSPS) is 11.9. The number of carbonyl (C=O) groups excluding carboxylic acids is 2. The molecule has 0 saturated heterocycles. The van der Waals surface area contributed by atoms with Crippen LogP contribution >= 0.6 is 0 Å². The van der Waals surface area contributed by atoms with Crippen LogP contribution in [0.15, 0.2) is 71.7 Å². The lowest BCUT2D eigenvalue weighted by Gasteiger charge is -2.16. The van der Waals surface area contributed by atoms with Crippen molar-refractivity contribution in [3.63, 3.8) is 0 Å². The maximum atomic E-state index is 14.3. The van der Waals surface area contributed by atoms with Gasteiger partial charge in [0, 0.05) is 35.0 Å². The molecule has 3 amide bonds. The van der Waals surface area contributed by atoms with Gasteiger partial charge in [0.15, 0.2) is 0 Å². The molecule has 1 atom stereocenters. The monoisotopic (exact) mass is 597 g/mol. The number of ether oxygens (including phenoxy) is 1. The second-order valence-corrected chi connectivity index (χ2v) is 9.42. The Hall–Kier alpha value is -5.53. The second-order valence-electron chi connectivity index (χ2n) is 9.42. The predicted molar refractivity (Wildman–Crippen MR) is 150 cm³/mol. The number of fused-ring (bicyclic) bond motifs is 1. The molecule has 11 nitrogen and oxygen atoms in total. The first-order valence-electron chi connectivity index (χ1n) is 12.8. The maximum Gasteiger partial charge on any atom is 0.405 e. The van der Waals surface area contributed by atoms with Crippen molar-refractivity contribution in [2.75, 3.05) is 5.32 Å². The van der Waals surface area contributed by atoms with Crippen molar-refractivity contribution in [1.82, 2.24) is 14.9 Å². The highest BCUT2D eigenvalue weighted by Gasteiger charge is 2.21. The predicted octanol–water partition coefficient (Wildman–Crippen LogP) is 3.77. The Balaban J connectivity index is 1.51. The van der Waals surface area contributed by atoms with Crippen LogP contribution in [0.25, 0.3) is 10.9 Å². The van der Waals surface area contributed by atoms with Gasteiger partial charge in [-0.3, -0.25) is 14.4 Å². The molecule has 4 aromatic rings. The smallest absolute Gasteiger partial charge is 0.405 e. The Morgan fingerprint density at radius 1 is 1.09 bits per heavy atom. The summed E-state index contributed by atoms with van der Waals surface area (Å²) in [5.74, 6) is -3.58. The minimum absolute atomic E-state index is 0.00718. The maximum absolute atomic E-state index is 14.3. The third kappa shape index (κ3) is 8.03. The molecule has 6 N–H and O–H groups in total. The van der Waals surface area contributed by atoms with Gasteiger partial charge in [-0.2, -0.15) is 0 Å². The summed E-state index contributed by atoms with van der Waals surface area (Å²) in [7, 11) is 0.